The van der Waals surface area contributed by atoms with Gasteiger partial charge in [0.15, 0.2) is 0 Å². The molecule has 1 saturated carbocycles. The molecule has 0 aliphatic heterocycles. The van der Waals surface area contributed by atoms with Crippen molar-refractivity contribution in [2.24, 2.45) is 0 Å². The second kappa shape index (κ2) is 7.25. The molecule has 25 heavy (non-hydrogen) atoms. The molecular weight excluding hydrogens is 333 g/mol. The van der Waals surface area contributed by atoms with Gasteiger partial charge in [0.2, 0.25) is 11.5 Å². The van der Waals surface area contributed by atoms with Gasteiger partial charge < -0.3 is 4.74 Å². The molecule has 1 aliphatic rings. The van der Waals surface area contributed by atoms with Gasteiger partial charge in [-0.05, 0) is 19.1 Å². The number of alkyl halides is 3. The van der Waals surface area contributed by atoms with Gasteiger partial charge in [0, 0.05) is 0 Å². The minimum atomic E-state index is -4.60. The average Bonchev–Trinajstić information content (AvgIpc) is 3.28. The third-order valence-corrected chi connectivity index (χ3v) is 3.98. The number of nitrogens with zero attached hydrogens (tertiary/aromatic N) is 4. The van der Waals surface area contributed by atoms with E-state index in [0.717, 1.165) is 4.40 Å². The molecule has 0 saturated heterocycles. The summed E-state index contributed by atoms with van der Waals surface area (Å²) >= 11 is 0. The van der Waals surface area contributed by atoms with Crippen molar-refractivity contribution in [3.8, 4) is 5.88 Å². The Labute approximate surface area is 142 Å². The molecule has 8 heteroatoms. The summed E-state index contributed by atoms with van der Waals surface area (Å²) in [6.45, 7) is 1.99. The molecule has 0 amide bonds. The summed E-state index contributed by atoms with van der Waals surface area (Å²) in [5.74, 6) is -1.05. The molecule has 5 nitrogen and oxygen atoms in total. The molecule has 1 aliphatic carbocycles. The van der Waals surface area contributed by atoms with E-state index in [-0.39, 0.29) is 23.7 Å². The molecule has 134 valence electrons. The lowest BCUT2D eigenvalue weighted by Crippen LogP contribution is -2.12. The molecule has 0 radical (unpaired) electrons. The summed E-state index contributed by atoms with van der Waals surface area (Å²) in [5, 5.41) is 6.79. The maximum absolute atomic E-state index is 13.0. The van der Waals surface area contributed by atoms with E-state index in [1.54, 1.807) is 25.1 Å². The lowest BCUT2D eigenvalue weighted by Gasteiger charge is -2.09. The third kappa shape index (κ3) is 3.67. The highest BCUT2D eigenvalue weighted by Gasteiger charge is 2.38. The van der Waals surface area contributed by atoms with Crippen molar-refractivity contribution in [1.82, 2.24) is 19.6 Å². The van der Waals surface area contributed by atoms with Gasteiger partial charge in [-0.2, -0.15) is 13.2 Å². The zero-order valence-electron chi connectivity index (χ0n) is 13.9. The van der Waals surface area contributed by atoms with Crippen LogP contribution >= 0.6 is 0 Å². The quantitative estimate of drug-likeness (QED) is 0.674. The van der Waals surface area contributed by atoms with Crippen LogP contribution in [0.2, 0.25) is 0 Å². The highest BCUT2D eigenvalue weighted by molar-refractivity contribution is 5.79. The number of hydrogen-bond acceptors (Lipinski definition) is 4. The number of fused-ring (bicyclic) bond motifs is 3. The van der Waals surface area contributed by atoms with Crippen molar-refractivity contribution in [3.05, 3.63) is 30.1 Å². The molecule has 0 bridgehead atoms. The molecule has 4 rings (SSSR count). The molecule has 0 unspecified atom stereocenters. The summed E-state index contributed by atoms with van der Waals surface area (Å²) in [4.78, 5) is 4.18. The first-order valence-electron chi connectivity index (χ1n) is 8.36. The standard InChI is InChI=1S/C12H9F3N4O.C5H10/c1-2-20-10-9-17-18-11(12(13,14)15)19(9)8-6-4-3-5-7(8)16-10;1-2-4-5-3-1/h3-6H,2H2,1H3;1-5H2. The van der Waals surface area contributed by atoms with Crippen LogP contribution in [0.15, 0.2) is 24.3 Å². The normalized spacial score (nSPS) is 14.6. The first kappa shape index (κ1) is 17.4. The molecule has 0 N–H and O–H groups in total. The summed E-state index contributed by atoms with van der Waals surface area (Å²) in [5.41, 5.74) is 0.620. The van der Waals surface area contributed by atoms with Gasteiger partial charge in [-0.15, -0.1) is 10.2 Å². The molecule has 1 aromatic carbocycles. The van der Waals surface area contributed by atoms with Crippen LogP contribution in [-0.4, -0.2) is 26.2 Å². The Bertz CT molecular complexity index is 848. The van der Waals surface area contributed by atoms with E-state index in [1.807, 2.05) is 0 Å². The maximum atomic E-state index is 13.0. The molecule has 2 aromatic heterocycles. The number of benzene rings is 1. The summed E-state index contributed by atoms with van der Waals surface area (Å²) in [6, 6.07) is 6.46. The van der Waals surface area contributed by atoms with E-state index in [0.29, 0.717) is 5.52 Å². The Kier molecular flexibility index (Phi) is 5.06. The Morgan fingerprint density at radius 2 is 1.68 bits per heavy atom. The highest BCUT2D eigenvalue weighted by atomic mass is 19.4. The molecule has 0 atom stereocenters. The topological polar surface area (TPSA) is 52.3 Å². The number of rotatable bonds is 2. The van der Waals surface area contributed by atoms with Crippen molar-refractivity contribution in [2.45, 2.75) is 45.2 Å². The molecule has 1 fully saturated rings. The van der Waals surface area contributed by atoms with Crippen LogP contribution < -0.4 is 4.74 Å². The Balaban J connectivity index is 0.000000314. The average molecular weight is 352 g/mol. The van der Waals surface area contributed by atoms with Gasteiger partial charge in [-0.3, -0.25) is 4.40 Å². The summed E-state index contributed by atoms with van der Waals surface area (Å²) in [7, 11) is 0. The predicted molar refractivity (Wildman–Crippen MR) is 87.5 cm³/mol. The van der Waals surface area contributed by atoms with E-state index in [4.69, 9.17) is 4.74 Å². The van der Waals surface area contributed by atoms with Gasteiger partial charge in [0.1, 0.15) is 0 Å². The highest BCUT2D eigenvalue weighted by Crippen LogP contribution is 2.32. The number of para-hydroxylation sites is 2. The van der Waals surface area contributed by atoms with E-state index < -0.39 is 12.0 Å². The Morgan fingerprint density at radius 3 is 2.28 bits per heavy atom. The first-order valence-corrected chi connectivity index (χ1v) is 8.36. The van der Waals surface area contributed by atoms with Crippen molar-refractivity contribution in [3.63, 3.8) is 0 Å². The van der Waals surface area contributed by atoms with Gasteiger partial charge in [0.05, 0.1) is 17.6 Å². The lowest BCUT2D eigenvalue weighted by molar-refractivity contribution is -0.145. The van der Waals surface area contributed by atoms with E-state index in [1.165, 1.54) is 38.2 Å². The summed E-state index contributed by atoms with van der Waals surface area (Å²) < 4.78 is 45.2. The van der Waals surface area contributed by atoms with Crippen LogP contribution in [0.25, 0.3) is 16.7 Å². The predicted octanol–water partition coefficient (Wildman–Crippen LogP) is 4.65. The lowest BCUT2D eigenvalue weighted by atomic mass is 10.3. The molecule has 0 spiro atoms. The molecule has 3 aromatic rings. The van der Waals surface area contributed by atoms with Crippen molar-refractivity contribution < 1.29 is 17.9 Å². The second-order valence-electron chi connectivity index (χ2n) is 5.79. The number of aromatic nitrogens is 4. The Hall–Kier alpha value is -2.38. The first-order chi connectivity index (χ1) is 12.0. The van der Waals surface area contributed by atoms with E-state index >= 15 is 0 Å². The van der Waals surface area contributed by atoms with Gasteiger partial charge in [-0.25, -0.2) is 4.98 Å². The maximum Gasteiger partial charge on any atom is 0.452 e. The summed E-state index contributed by atoms with van der Waals surface area (Å²) in [6.07, 6.45) is 2.90. The SMILES string of the molecule is C1CCCC1.CCOc1nc2ccccc2n2c(C(F)(F)F)nnc12. The van der Waals surface area contributed by atoms with Gasteiger partial charge >= 0.3 is 6.18 Å². The number of halogens is 3. The van der Waals surface area contributed by atoms with Crippen LogP contribution in [-0.2, 0) is 6.18 Å². The monoisotopic (exact) mass is 352 g/mol. The van der Waals surface area contributed by atoms with Gasteiger partial charge in [-0.1, -0.05) is 44.2 Å². The van der Waals surface area contributed by atoms with E-state index in [9.17, 15) is 13.2 Å². The van der Waals surface area contributed by atoms with Crippen molar-refractivity contribution in [2.75, 3.05) is 6.61 Å². The minimum Gasteiger partial charge on any atom is -0.475 e. The van der Waals surface area contributed by atoms with Crippen LogP contribution in [0.3, 0.4) is 0 Å². The van der Waals surface area contributed by atoms with Crippen LogP contribution in [0.5, 0.6) is 5.88 Å². The van der Waals surface area contributed by atoms with Crippen LogP contribution in [0.4, 0.5) is 13.2 Å². The molecule has 2 heterocycles. The second-order valence-corrected chi connectivity index (χ2v) is 5.79. The fourth-order valence-corrected chi connectivity index (χ4v) is 2.86. The van der Waals surface area contributed by atoms with Crippen LogP contribution in [0, 0.1) is 0 Å². The third-order valence-electron chi connectivity index (χ3n) is 3.98. The zero-order valence-corrected chi connectivity index (χ0v) is 13.9. The zero-order chi connectivity index (χ0) is 17.9. The molecular formula is C17H19F3N4O. The Morgan fingerprint density at radius 1 is 1.04 bits per heavy atom. The number of ether oxygens (including phenoxy) is 1. The fraction of sp³-hybridized carbons (Fsp3) is 0.471. The minimum absolute atomic E-state index is 0.0363. The van der Waals surface area contributed by atoms with Crippen molar-refractivity contribution >= 4 is 16.7 Å². The smallest absolute Gasteiger partial charge is 0.452 e. The van der Waals surface area contributed by atoms with Gasteiger partial charge in [0.25, 0.3) is 5.88 Å². The fourth-order valence-electron chi connectivity index (χ4n) is 2.86. The van der Waals surface area contributed by atoms with Crippen LogP contribution in [0.1, 0.15) is 44.9 Å². The van der Waals surface area contributed by atoms with E-state index in [2.05, 4.69) is 15.2 Å². The van der Waals surface area contributed by atoms with Crippen molar-refractivity contribution in [1.29, 1.82) is 0 Å². The largest absolute Gasteiger partial charge is 0.475 e. The number of hydrogen-bond donors (Lipinski definition) is 0.